The van der Waals surface area contributed by atoms with Crippen molar-refractivity contribution in [1.29, 1.82) is 0 Å². The van der Waals surface area contributed by atoms with Gasteiger partial charge in [0.25, 0.3) is 0 Å². The summed E-state index contributed by atoms with van der Waals surface area (Å²) in [5, 5.41) is 5.09. The van der Waals surface area contributed by atoms with Gasteiger partial charge in [0.15, 0.2) is 0 Å². The first-order valence-electron chi connectivity index (χ1n) is 9.40. The number of hydrogen-bond donors (Lipinski definition) is 1. The summed E-state index contributed by atoms with van der Waals surface area (Å²) in [6, 6.07) is 6.21. The lowest BCUT2D eigenvalue weighted by molar-refractivity contribution is 0.0131. The molecule has 0 radical (unpaired) electrons. The molecule has 1 aliphatic heterocycles. The molecule has 1 aromatic carbocycles. The number of rotatable bonds is 3. The minimum atomic E-state index is -3.68. The fraction of sp³-hybridized carbons (Fsp3) is 0.571. The molecular formula is C21H30N2O4S. The van der Waals surface area contributed by atoms with E-state index < -0.39 is 15.6 Å². The fourth-order valence-electron chi connectivity index (χ4n) is 3.39. The highest BCUT2D eigenvalue weighted by atomic mass is 32.2. The lowest BCUT2D eigenvalue weighted by atomic mass is 9.93. The van der Waals surface area contributed by atoms with E-state index >= 15 is 0 Å². The molecule has 7 heteroatoms. The molecule has 1 saturated heterocycles. The smallest absolute Gasteiger partial charge is 0.410 e. The zero-order chi connectivity index (χ0) is 21.2. The number of likely N-dealkylation sites (tertiary alicyclic amines) is 1. The van der Waals surface area contributed by atoms with Crippen LogP contribution in [0, 0.1) is 17.8 Å². The second-order valence-electron chi connectivity index (χ2n) is 8.88. The molecule has 1 fully saturated rings. The maximum Gasteiger partial charge on any atom is 0.410 e. The van der Waals surface area contributed by atoms with Crippen molar-refractivity contribution >= 4 is 16.1 Å². The SMILES string of the molecule is CC(C)(C)OC(=O)N1C[C@@H](CCC#Cc2ccc(S(N)(=O)=O)cc2)CC1(C)C. The quantitative estimate of drug-likeness (QED) is 0.778. The average Bonchev–Trinajstić information content (AvgIpc) is 2.84. The number of nitrogens with zero attached hydrogens (tertiary/aromatic N) is 1. The molecule has 2 rings (SSSR count). The van der Waals surface area contributed by atoms with Crippen LogP contribution in [0.25, 0.3) is 0 Å². The molecule has 0 saturated carbocycles. The third kappa shape index (κ3) is 6.25. The minimum absolute atomic E-state index is 0.0773. The monoisotopic (exact) mass is 406 g/mol. The fourth-order valence-corrected chi connectivity index (χ4v) is 3.90. The third-order valence-corrected chi connectivity index (χ3v) is 5.60. The lowest BCUT2D eigenvalue weighted by Crippen LogP contribution is -2.45. The molecular weight excluding hydrogens is 376 g/mol. The molecule has 1 atom stereocenters. The second-order valence-corrected chi connectivity index (χ2v) is 10.4. The van der Waals surface area contributed by atoms with Crippen LogP contribution in [0.5, 0.6) is 0 Å². The first kappa shape index (κ1) is 22.3. The van der Waals surface area contributed by atoms with Crippen molar-refractivity contribution in [2.45, 2.75) is 69.9 Å². The average molecular weight is 407 g/mol. The Morgan fingerprint density at radius 1 is 1.29 bits per heavy atom. The van der Waals surface area contributed by atoms with Crippen LogP contribution >= 0.6 is 0 Å². The number of primary sulfonamides is 1. The van der Waals surface area contributed by atoms with Crippen LogP contribution in [0.4, 0.5) is 4.79 Å². The van der Waals surface area contributed by atoms with Crippen molar-refractivity contribution in [2.24, 2.45) is 11.1 Å². The molecule has 154 valence electrons. The predicted molar refractivity (Wildman–Crippen MR) is 109 cm³/mol. The Hall–Kier alpha value is -2.04. The van der Waals surface area contributed by atoms with Gasteiger partial charge in [-0.3, -0.25) is 0 Å². The summed E-state index contributed by atoms with van der Waals surface area (Å²) >= 11 is 0. The van der Waals surface area contributed by atoms with Gasteiger partial charge in [-0.05, 0) is 77.6 Å². The molecule has 0 bridgehead atoms. The van der Waals surface area contributed by atoms with E-state index in [4.69, 9.17) is 9.88 Å². The van der Waals surface area contributed by atoms with E-state index in [-0.39, 0.29) is 16.5 Å². The summed E-state index contributed by atoms with van der Waals surface area (Å²) in [5.74, 6) is 6.55. The van der Waals surface area contributed by atoms with Gasteiger partial charge in [0.2, 0.25) is 10.0 Å². The van der Waals surface area contributed by atoms with Gasteiger partial charge < -0.3 is 9.64 Å². The van der Waals surface area contributed by atoms with Crippen molar-refractivity contribution in [3.05, 3.63) is 29.8 Å². The van der Waals surface area contributed by atoms with Crippen LogP contribution < -0.4 is 5.14 Å². The standard InChI is InChI=1S/C21H30N2O4S/c1-20(2,3)27-19(24)23-15-17(14-21(23,4)5)9-7-6-8-16-10-12-18(13-11-16)28(22,25)26/h10-13,17H,7,9,14-15H2,1-5H3,(H2,22,25,26)/t17-/m0/s1. The Balaban J connectivity index is 1.91. The number of sulfonamides is 1. The lowest BCUT2D eigenvalue weighted by Gasteiger charge is -2.33. The Kier molecular flexibility index (Phi) is 6.47. The molecule has 2 N–H and O–H groups in total. The molecule has 1 heterocycles. The number of amides is 1. The van der Waals surface area contributed by atoms with Crippen LogP contribution in [0.3, 0.4) is 0 Å². The van der Waals surface area contributed by atoms with Crippen LogP contribution in [0.2, 0.25) is 0 Å². The first-order valence-corrected chi connectivity index (χ1v) is 10.9. The summed E-state index contributed by atoms with van der Waals surface area (Å²) in [6.07, 6.45) is 2.25. The molecule has 0 aliphatic carbocycles. The highest BCUT2D eigenvalue weighted by molar-refractivity contribution is 7.89. The normalized spacial score (nSPS) is 19.1. The van der Waals surface area contributed by atoms with Crippen LogP contribution in [-0.2, 0) is 14.8 Å². The number of nitrogens with two attached hydrogens (primary N) is 1. The maximum atomic E-state index is 12.5. The molecule has 28 heavy (non-hydrogen) atoms. The van der Waals surface area contributed by atoms with E-state index in [0.29, 0.717) is 18.9 Å². The maximum absolute atomic E-state index is 12.5. The van der Waals surface area contributed by atoms with Crippen LogP contribution in [0.1, 0.15) is 59.4 Å². The van der Waals surface area contributed by atoms with Crippen LogP contribution in [-0.4, -0.2) is 37.1 Å². The number of carbonyl (C=O) groups excluding carboxylic acids is 1. The summed E-state index contributed by atoms with van der Waals surface area (Å²) < 4.78 is 28.0. The van der Waals surface area contributed by atoms with E-state index in [1.807, 2.05) is 25.7 Å². The Labute approximate surface area is 168 Å². The summed E-state index contributed by atoms with van der Waals surface area (Å²) in [7, 11) is -3.68. The van der Waals surface area contributed by atoms with Gasteiger partial charge in [0.05, 0.1) is 4.90 Å². The largest absolute Gasteiger partial charge is 0.444 e. The number of hydrogen-bond acceptors (Lipinski definition) is 4. The van der Waals surface area contributed by atoms with Crippen molar-refractivity contribution in [3.63, 3.8) is 0 Å². The number of benzene rings is 1. The Bertz CT molecular complexity index is 872. The van der Waals surface area contributed by atoms with Gasteiger partial charge >= 0.3 is 6.09 Å². The van der Waals surface area contributed by atoms with E-state index in [1.54, 1.807) is 12.1 Å². The minimum Gasteiger partial charge on any atom is -0.444 e. The number of carbonyl (C=O) groups is 1. The van der Waals surface area contributed by atoms with Gasteiger partial charge in [0, 0.05) is 24.1 Å². The van der Waals surface area contributed by atoms with Gasteiger partial charge in [-0.25, -0.2) is 18.4 Å². The molecule has 1 aromatic rings. The molecule has 0 spiro atoms. The number of ether oxygens (including phenoxy) is 1. The second kappa shape index (κ2) is 8.14. The highest BCUT2D eigenvalue weighted by Crippen LogP contribution is 2.35. The molecule has 6 nitrogen and oxygen atoms in total. The summed E-state index contributed by atoms with van der Waals surface area (Å²) in [4.78, 5) is 14.4. The van der Waals surface area contributed by atoms with Crippen molar-refractivity contribution in [2.75, 3.05) is 6.54 Å². The summed E-state index contributed by atoms with van der Waals surface area (Å²) in [6.45, 7) is 10.4. The van der Waals surface area contributed by atoms with Crippen molar-refractivity contribution in [1.82, 2.24) is 4.90 Å². The highest BCUT2D eigenvalue weighted by Gasteiger charge is 2.42. The Morgan fingerprint density at radius 3 is 2.43 bits per heavy atom. The summed E-state index contributed by atoms with van der Waals surface area (Å²) in [5.41, 5.74) is 0.00831. The van der Waals surface area contributed by atoms with E-state index in [9.17, 15) is 13.2 Å². The first-order chi connectivity index (χ1) is 12.8. The zero-order valence-corrected chi connectivity index (χ0v) is 18.1. The van der Waals surface area contributed by atoms with Crippen molar-refractivity contribution in [3.8, 4) is 11.8 Å². The molecule has 0 unspecified atom stereocenters. The van der Waals surface area contributed by atoms with Gasteiger partial charge in [-0.1, -0.05) is 11.8 Å². The van der Waals surface area contributed by atoms with E-state index in [1.165, 1.54) is 12.1 Å². The molecule has 1 aliphatic rings. The zero-order valence-electron chi connectivity index (χ0n) is 17.3. The van der Waals surface area contributed by atoms with Crippen LogP contribution in [0.15, 0.2) is 29.2 Å². The van der Waals surface area contributed by atoms with Crippen molar-refractivity contribution < 1.29 is 17.9 Å². The molecule has 1 amide bonds. The molecule has 0 aromatic heterocycles. The van der Waals surface area contributed by atoms with Gasteiger partial charge in [-0.2, -0.15) is 0 Å². The van der Waals surface area contributed by atoms with Gasteiger partial charge in [-0.15, -0.1) is 0 Å². The topological polar surface area (TPSA) is 89.7 Å². The third-order valence-electron chi connectivity index (χ3n) is 4.67. The van der Waals surface area contributed by atoms with Gasteiger partial charge in [0.1, 0.15) is 5.60 Å². The predicted octanol–water partition coefficient (Wildman–Crippen LogP) is 3.50. The Morgan fingerprint density at radius 2 is 1.89 bits per heavy atom. The van der Waals surface area contributed by atoms with E-state index in [0.717, 1.165) is 18.4 Å². The van der Waals surface area contributed by atoms with E-state index in [2.05, 4.69) is 25.7 Å².